The van der Waals surface area contributed by atoms with Gasteiger partial charge in [0.05, 0.1) is 0 Å². The molecule has 2 nitrogen and oxygen atoms in total. The molecule has 1 aliphatic heterocycles. The molecule has 0 aliphatic carbocycles. The number of fused-ring (bicyclic) bond motifs is 1. The van der Waals surface area contributed by atoms with Gasteiger partial charge in [-0.15, -0.1) is 0 Å². The lowest BCUT2D eigenvalue weighted by atomic mass is 9.81. The Bertz CT molecular complexity index is 430. The van der Waals surface area contributed by atoms with Gasteiger partial charge in [-0.05, 0) is 50.2 Å². The van der Waals surface area contributed by atoms with E-state index in [0.29, 0.717) is 5.41 Å². The van der Waals surface area contributed by atoms with Crippen molar-refractivity contribution < 1.29 is 0 Å². The lowest BCUT2D eigenvalue weighted by Gasteiger charge is -2.38. The Morgan fingerprint density at radius 2 is 1.52 bits per heavy atom. The maximum atomic E-state index is 3.73. The molecule has 1 heterocycles. The van der Waals surface area contributed by atoms with Crippen LogP contribution in [-0.2, 0) is 13.1 Å². The molecule has 1 aromatic rings. The van der Waals surface area contributed by atoms with E-state index in [9.17, 15) is 0 Å². The van der Waals surface area contributed by atoms with E-state index >= 15 is 0 Å². The van der Waals surface area contributed by atoms with E-state index in [0.717, 1.165) is 19.6 Å². The van der Waals surface area contributed by atoms with Gasteiger partial charge in [-0.1, -0.05) is 38.1 Å². The highest BCUT2D eigenvalue weighted by Crippen LogP contribution is 2.32. The molecule has 2 rings (SSSR count). The molecule has 0 aromatic heterocycles. The second-order valence-corrected chi connectivity index (χ2v) is 7.72. The predicted octanol–water partition coefficient (Wildman–Crippen LogP) is 4.20. The average molecular weight is 288 g/mol. The largest absolute Gasteiger partial charge is 0.311 e. The minimum atomic E-state index is 0.198. The highest BCUT2D eigenvalue weighted by atomic mass is 15.2. The smallest absolute Gasteiger partial charge is 0.0240 e. The summed E-state index contributed by atoms with van der Waals surface area (Å²) in [5.74, 6) is 0. The summed E-state index contributed by atoms with van der Waals surface area (Å²) in [6.45, 7) is 16.0. The highest BCUT2D eigenvalue weighted by molar-refractivity contribution is 5.30. The SMILES string of the molecule is CCC(CC)(CNC(C)(C)C)CN1Cc2ccccc2C1. The van der Waals surface area contributed by atoms with Crippen LogP contribution in [0.25, 0.3) is 0 Å². The first kappa shape index (κ1) is 16.5. The number of hydrogen-bond donors (Lipinski definition) is 1. The minimum Gasteiger partial charge on any atom is -0.311 e. The van der Waals surface area contributed by atoms with Crippen molar-refractivity contribution in [2.75, 3.05) is 13.1 Å². The van der Waals surface area contributed by atoms with Crippen LogP contribution in [0, 0.1) is 5.41 Å². The first-order chi connectivity index (χ1) is 9.87. The summed E-state index contributed by atoms with van der Waals surface area (Å²) in [7, 11) is 0. The molecule has 0 saturated carbocycles. The van der Waals surface area contributed by atoms with Crippen LogP contribution in [0.2, 0.25) is 0 Å². The van der Waals surface area contributed by atoms with E-state index in [1.54, 1.807) is 0 Å². The molecule has 118 valence electrons. The van der Waals surface area contributed by atoms with Crippen molar-refractivity contribution >= 4 is 0 Å². The van der Waals surface area contributed by atoms with Crippen molar-refractivity contribution in [3.05, 3.63) is 35.4 Å². The summed E-state index contributed by atoms with van der Waals surface area (Å²) in [4.78, 5) is 2.63. The predicted molar refractivity (Wildman–Crippen MR) is 91.3 cm³/mol. The van der Waals surface area contributed by atoms with Crippen molar-refractivity contribution in [2.45, 2.75) is 66.1 Å². The molecule has 0 spiro atoms. The number of nitrogens with one attached hydrogen (secondary N) is 1. The van der Waals surface area contributed by atoms with Gasteiger partial charge < -0.3 is 5.32 Å². The first-order valence-electron chi connectivity index (χ1n) is 8.42. The summed E-state index contributed by atoms with van der Waals surface area (Å²) in [6, 6.07) is 8.89. The molecule has 1 aliphatic rings. The molecule has 1 aromatic carbocycles. The Hall–Kier alpha value is -0.860. The zero-order chi connectivity index (χ0) is 15.5. The monoisotopic (exact) mass is 288 g/mol. The standard InChI is InChI=1S/C19H32N2/c1-6-19(7-2,14-20-18(3,4)5)15-21-12-16-10-8-9-11-17(16)13-21/h8-11,20H,6-7,12-15H2,1-5H3. The van der Waals surface area contributed by atoms with E-state index in [1.807, 2.05) is 0 Å². The van der Waals surface area contributed by atoms with E-state index in [2.05, 4.69) is 69.1 Å². The Kier molecular flexibility index (Phi) is 5.11. The van der Waals surface area contributed by atoms with E-state index < -0.39 is 0 Å². The van der Waals surface area contributed by atoms with Crippen LogP contribution < -0.4 is 5.32 Å². The maximum Gasteiger partial charge on any atom is 0.0240 e. The summed E-state index contributed by atoms with van der Waals surface area (Å²) in [6.07, 6.45) is 2.47. The molecule has 0 amide bonds. The lowest BCUT2D eigenvalue weighted by Crippen LogP contribution is -2.47. The number of hydrogen-bond acceptors (Lipinski definition) is 2. The fourth-order valence-electron chi connectivity index (χ4n) is 3.22. The second kappa shape index (κ2) is 6.50. The van der Waals surface area contributed by atoms with Gasteiger partial charge in [0.2, 0.25) is 0 Å². The maximum absolute atomic E-state index is 3.73. The van der Waals surface area contributed by atoms with Crippen LogP contribution in [0.4, 0.5) is 0 Å². The molecule has 21 heavy (non-hydrogen) atoms. The third-order valence-corrected chi connectivity index (χ3v) is 4.96. The summed E-state index contributed by atoms with van der Waals surface area (Å²) in [5.41, 5.74) is 3.61. The molecule has 2 heteroatoms. The van der Waals surface area contributed by atoms with Crippen molar-refractivity contribution in [3.8, 4) is 0 Å². The van der Waals surface area contributed by atoms with Gasteiger partial charge in [0.15, 0.2) is 0 Å². The van der Waals surface area contributed by atoms with Gasteiger partial charge in [-0.25, -0.2) is 0 Å². The molecule has 0 unspecified atom stereocenters. The summed E-state index contributed by atoms with van der Waals surface area (Å²) in [5, 5.41) is 3.73. The number of benzene rings is 1. The summed E-state index contributed by atoms with van der Waals surface area (Å²) < 4.78 is 0. The highest BCUT2D eigenvalue weighted by Gasteiger charge is 2.32. The van der Waals surface area contributed by atoms with Crippen LogP contribution in [0.5, 0.6) is 0 Å². The Labute approximate surface area is 130 Å². The van der Waals surface area contributed by atoms with Crippen LogP contribution in [0.3, 0.4) is 0 Å². The molecule has 0 radical (unpaired) electrons. The van der Waals surface area contributed by atoms with E-state index in [1.165, 1.54) is 30.5 Å². The van der Waals surface area contributed by atoms with Crippen LogP contribution in [0.1, 0.15) is 58.6 Å². The number of rotatable bonds is 6. The van der Waals surface area contributed by atoms with Gasteiger partial charge in [-0.3, -0.25) is 4.90 Å². The van der Waals surface area contributed by atoms with Crippen LogP contribution in [-0.4, -0.2) is 23.5 Å². The summed E-state index contributed by atoms with van der Waals surface area (Å²) >= 11 is 0. The molecule has 0 bridgehead atoms. The molecular weight excluding hydrogens is 256 g/mol. The van der Waals surface area contributed by atoms with Crippen molar-refractivity contribution in [1.29, 1.82) is 0 Å². The lowest BCUT2D eigenvalue weighted by molar-refractivity contribution is 0.125. The third kappa shape index (κ3) is 4.31. The van der Waals surface area contributed by atoms with Gasteiger partial charge in [0, 0.05) is 31.7 Å². The van der Waals surface area contributed by atoms with Crippen LogP contribution >= 0.6 is 0 Å². The van der Waals surface area contributed by atoms with Gasteiger partial charge in [0.25, 0.3) is 0 Å². The molecule has 0 fully saturated rings. The molecular formula is C19H32N2. The van der Waals surface area contributed by atoms with Gasteiger partial charge in [0.1, 0.15) is 0 Å². The van der Waals surface area contributed by atoms with Crippen molar-refractivity contribution in [3.63, 3.8) is 0 Å². The third-order valence-electron chi connectivity index (χ3n) is 4.96. The molecule has 0 atom stereocenters. The Morgan fingerprint density at radius 1 is 1.00 bits per heavy atom. The zero-order valence-electron chi connectivity index (χ0n) is 14.5. The number of nitrogens with zero attached hydrogens (tertiary/aromatic N) is 1. The van der Waals surface area contributed by atoms with Gasteiger partial charge in [-0.2, -0.15) is 0 Å². The normalized spacial score (nSPS) is 16.2. The first-order valence-corrected chi connectivity index (χ1v) is 8.42. The van der Waals surface area contributed by atoms with Crippen molar-refractivity contribution in [1.82, 2.24) is 10.2 Å². The second-order valence-electron chi connectivity index (χ2n) is 7.72. The van der Waals surface area contributed by atoms with Crippen LogP contribution in [0.15, 0.2) is 24.3 Å². The molecule has 1 N–H and O–H groups in total. The molecule has 0 saturated heterocycles. The van der Waals surface area contributed by atoms with Gasteiger partial charge >= 0.3 is 0 Å². The van der Waals surface area contributed by atoms with E-state index in [4.69, 9.17) is 0 Å². The fourth-order valence-corrected chi connectivity index (χ4v) is 3.22. The quantitative estimate of drug-likeness (QED) is 0.844. The van der Waals surface area contributed by atoms with Crippen molar-refractivity contribution in [2.24, 2.45) is 5.41 Å². The topological polar surface area (TPSA) is 15.3 Å². The van der Waals surface area contributed by atoms with E-state index in [-0.39, 0.29) is 5.54 Å². The minimum absolute atomic E-state index is 0.198. The zero-order valence-corrected chi connectivity index (χ0v) is 14.5. The Balaban J connectivity index is 2.01. The average Bonchev–Trinajstić information content (AvgIpc) is 2.84. The Morgan fingerprint density at radius 3 is 1.95 bits per heavy atom. The fraction of sp³-hybridized carbons (Fsp3) is 0.684.